The van der Waals surface area contributed by atoms with Gasteiger partial charge in [-0.25, -0.2) is 13.1 Å². The summed E-state index contributed by atoms with van der Waals surface area (Å²) in [5.41, 5.74) is 2.00. The summed E-state index contributed by atoms with van der Waals surface area (Å²) in [5.74, 6) is 0. The first kappa shape index (κ1) is 21.7. The fraction of sp³-hybridized carbons (Fsp3) is 0.391. The first-order chi connectivity index (χ1) is 14.0. The second-order valence-corrected chi connectivity index (χ2v) is 9.23. The van der Waals surface area contributed by atoms with Crippen molar-refractivity contribution in [3.8, 4) is 0 Å². The van der Waals surface area contributed by atoms with Crippen LogP contribution in [0.5, 0.6) is 0 Å². The molecule has 5 nitrogen and oxygen atoms in total. The summed E-state index contributed by atoms with van der Waals surface area (Å²) < 4.78 is 34.6. The molecule has 1 N–H and O–H groups in total. The third-order valence-corrected chi connectivity index (χ3v) is 6.74. The van der Waals surface area contributed by atoms with E-state index in [1.165, 1.54) is 0 Å². The van der Waals surface area contributed by atoms with E-state index in [-0.39, 0.29) is 12.1 Å². The van der Waals surface area contributed by atoms with Crippen molar-refractivity contribution in [1.82, 2.24) is 9.62 Å². The van der Waals surface area contributed by atoms with Crippen molar-refractivity contribution in [1.29, 1.82) is 0 Å². The van der Waals surface area contributed by atoms with Crippen LogP contribution in [0.2, 0.25) is 0 Å². The van der Waals surface area contributed by atoms with Crippen LogP contribution in [0, 0.1) is 6.92 Å². The average Bonchev–Trinajstić information content (AvgIpc) is 2.73. The Morgan fingerprint density at radius 3 is 2.41 bits per heavy atom. The standard InChI is InChI=1S/C23H30N2O3S/c1-3-17-28-21-13-15-25(16-14-21)18-23(20-7-5-4-6-8-20)24-29(26,27)22-11-9-19(2)10-12-22/h3-12,21,23-24H,1,13-18H2,2H3. The molecule has 0 bridgehead atoms. The highest BCUT2D eigenvalue weighted by molar-refractivity contribution is 7.89. The van der Waals surface area contributed by atoms with Gasteiger partial charge < -0.3 is 9.64 Å². The number of rotatable bonds is 9. The Hall–Kier alpha value is -1.99. The first-order valence-corrected chi connectivity index (χ1v) is 11.5. The minimum absolute atomic E-state index is 0.253. The zero-order valence-electron chi connectivity index (χ0n) is 17.0. The zero-order valence-corrected chi connectivity index (χ0v) is 17.8. The number of nitrogens with one attached hydrogen (secondary N) is 1. The lowest BCUT2D eigenvalue weighted by Crippen LogP contribution is -2.43. The lowest BCUT2D eigenvalue weighted by molar-refractivity contribution is 0.0205. The van der Waals surface area contributed by atoms with E-state index < -0.39 is 10.0 Å². The fourth-order valence-corrected chi connectivity index (χ4v) is 4.81. The molecular formula is C23H30N2O3S. The molecule has 2 aromatic carbocycles. The highest BCUT2D eigenvalue weighted by Gasteiger charge is 2.26. The summed E-state index contributed by atoms with van der Waals surface area (Å²) in [7, 11) is -3.61. The molecule has 6 heteroatoms. The maximum absolute atomic E-state index is 13.0. The summed E-state index contributed by atoms with van der Waals surface area (Å²) in [6.45, 7) is 8.62. The van der Waals surface area contributed by atoms with Gasteiger partial charge in [0, 0.05) is 19.6 Å². The van der Waals surface area contributed by atoms with Crippen LogP contribution in [0.4, 0.5) is 0 Å². The Morgan fingerprint density at radius 2 is 1.79 bits per heavy atom. The molecule has 2 aromatic rings. The summed E-state index contributed by atoms with van der Waals surface area (Å²) in [5, 5.41) is 0. The molecule has 29 heavy (non-hydrogen) atoms. The number of benzene rings is 2. The van der Waals surface area contributed by atoms with E-state index in [0.29, 0.717) is 18.0 Å². The molecule has 1 heterocycles. The molecule has 1 unspecified atom stereocenters. The number of likely N-dealkylation sites (tertiary alicyclic amines) is 1. The smallest absolute Gasteiger partial charge is 0.241 e. The number of aryl methyl sites for hydroxylation is 1. The van der Waals surface area contributed by atoms with Crippen LogP contribution in [0.3, 0.4) is 0 Å². The molecular weight excluding hydrogens is 384 g/mol. The van der Waals surface area contributed by atoms with Gasteiger partial charge in [0.1, 0.15) is 0 Å². The van der Waals surface area contributed by atoms with Crippen LogP contribution in [0.25, 0.3) is 0 Å². The Balaban J connectivity index is 1.71. The monoisotopic (exact) mass is 414 g/mol. The summed E-state index contributed by atoms with van der Waals surface area (Å²) >= 11 is 0. The van der Waals surface area contributed by atoms with Crippen molar-refractivity contribution in [2.24, 2.45) is 0 Å². The van der Waals surface area contributed by atoms with Crippen LogP contribution in [-0.2, 0) is 14.8 Å². The topological polar surface area (TPSA) is 58.6 Å². The quantitative estimate of drug-likeness (QED) is 0.636. The van der Waals surface area contributed by atoms with Crippen molar-refractivity contribution in [2.75, 3.05) is 26.2 Å². The molecule has 0 aliphatic carbocycles. The predicted octanol–water partition coefficient (Wildman–Crippen LogP) is 3.68. The Labute approximate surface area is 174 Å². The summed E-state index contributed by atoms with van der Waals surface area (Å²) in [6, 6.07) is 16.4. The van der Waals surface area contributed by atoms with Gasteiger partial charge in [-0.05, 0) is 37.5 Å². The van der Waals surface area contributed by atoms with Crippen LogP contribution in [-0.4, -0.2) is 45.7 Å². The Bertz CT molecular complexity index is 874. The third kappa shape index (κ3) is 6.24. The van der Waals surface area contributed by atoms with Gasteiger partial charge in [-0.15, -0.1) is 6.58 Å². The number of hydrogen-bond acceptors (Lipinski definition) is 4. The van der Waals surface area contributed by atoms with Crippen molar-refractivity contribution in [3.05, 3.63) is 78.4 Å². The largest absolute Gasteiger partial charge is 0.374 e. The molecule has 1 atom stereocenters. The fourth-order valence-electron chi connectivity index (χ4n) is 3.59. The van der Waals surface area contributed by atoms with Gasteiger partial charge in [-0.3, -0.25) is 0 Å². The molecule has 0 spiro atoms. The lowest BCUT2D eigenvalue weighted by Gasteiger charge is -2.34. The number of nitrogens with zero attached hydrogens (tertiary/aromatic N) is 1. The maximum Gasteiger partial charge on any atom is 0.241 e. The van der Waals surface area contributed by atoms with E-state index in [1.807, 2.05) is 49.4 Å². The first-order valence-electron chi connectivity index (χ1n) is 10.1. The van der Waals surface area contributed by atoms with Gasteiger partial charge in [0.2, 0.25) is 10.0 Å². The lowest BCUT2D eigenvalue weighted by atomic mass is 10.0. The molecule has 1 aliphatic rings. The van der Waals surface area contributed by atoms with E-state index in [4.69, 9.17) is 4.74 Å². The Morgan fingerprint density at radius 1 is 1.14 bits per heavy atom. The minimum Gasteiger partial charge on any atom is -0.374 e. The Kier molecular flexibility index (Phi) is 7.61. The average molecular weight is 415 g/mol. The van der Waals surface area contributed by atoms with Gasteiger partial charge >= 0.3 is 0 Å². The van der Waals surface area contributed by atoms with Crippen molar-refractivity contribution in [2.45, 2.75) is 36.8 Å². The molecule has 0 saturated carbocycles. The van der Waals surface area contributed by atoms with Crippen molar-refractivity contribution in [3.63, 3.8) is 0 Å². The third-order valence-electron chi connectivity index (χ3n) is 5.26. The van der Waals surface area contributed by atoms with E-state index in [1.54, 1.807) is 18.2 Å². The van der Waals surface area contributed by atoms with E-state index >= 15 is 0 Å². The number of piperidine rings is 1. The van der Waals surface area contributed by atoms with Gasteiger partial charge in [0.15, 0.2) is 0 Å². The van der Waals surface area contributed by atoms with E-state index in [0.717, 1.165) is 37.1 Å². The SMILES string of the molecule is C=CCOC1CCN(CC(NS(=O)(=O)c2ccc(C)cc2)c2ccccc2)CC1. The summed E-state index contributed by atoms with van der Waals surface area (Å²) in [6.07, 6.45) is 3.92. The maximum atomic E-state index is 13.0. The molecule has 3 rings (SSSR count). The molecule has 1 aliphatic heterocycles. The van der Waals surface area contributed by atoms with Gasteiger partial charge in [0.25, 0.3) is 0 Å². The van der Waals surface area contributed by atoms with Crippen LogP contribution in [0.1, 0.15) is 30.0 Å². The van der Waals surface area contributed by atoms with Gasteiger partial charge in [-0.2, -0.15) is 0 Å². The molecule has 0 amide bonds. The van der Waals surface area contributed by atoms with Gasteiger partial charge in [0.05, 0.1) is 23.6 Å². The second kappa shape index (κ2) is 10.2. The molecule has 156 valence electrons. The molecule has 1 saturated heterocycles. The minimum atomic E-state index is -3.61. The summed E-state index contributed by atoms with van der Waals surface area (Å²) in [4.78, 5) is 2.60. The highest BCUT2D eigenvalue weighted by atomic mass is 32.2. The van der Waals surface area contributed by atoms with E-state index in [9.17, 15) is 8.42 Å². The van der Waals surface area contributed by atoms with Crippen molar-refractivity contribution >= 4 is 10.0 Å². The van der Waals surface area contributed by atoms with Crippen molar-refractivity contribution < 1.29 is 13.2 Å². The highest BCUT2D eigenvalue weighted by Crippen LogP contribution is 2.22. The number of sulfonamides is 1. The van der Waals surface area contributed by atoms with Crippen LogP contribution < -0.4 is 4.72 Å². The number of ether oxygens (including phenoxy) is 1. The molecule has 1 fully saturated rings. The normalized spacial score (nSPS) is 17.1. The molecule has 0 aromatic heterocycles. The van der Waals surface area contributed by atoms with Crippen LogP contribution >= 0.6 is 0 Å². The van der Waals surface area contributed by atoms with Crippen LogP contribution in [0.15, 0.2) is 72.1 Å². The molecule has 0 radical (unpaired) electrons. The zero-order chi connectivity index (χ0) is 20.7. The van der Waals surface area contributed by atoms with E-state index in [2.05, 4.69) is 16.2 Å². The number of hydrogen-bond donors (Lipinski definition) is 1. The second-order valence-electron chi connectivity index (χ2n) is 7.52. The predicted molar refractivity (Wildman–Crippen MR) is 116 cm³/mol. The van der Waals surface area contributed by atoms with Gasteiger partial charge in [-0.1, -0.05) is 54.1 Å².